The predicted molar refractivity (Wildman–Crippen MR) is 275 cm³/mol. The molecule has 0 aliphatic heterocycles. The number of benzene rings is 10. The number of para-hydroxylation sites is 1. The standard InChI is InChI=1S/C63H46N2/c1-63(2)59-23-13-11-21-55(59)56-39-38-52(42-60(56)63)64(50-36-29-47(30-37-50)54-20-10-9-19-53(54)46-17-7-4-8-18-46)49-32-27-45(28-33-49)48-31-40-62-58(41-48)57-22-12-14-24-61(57)65(62)51-34-25-44(26-35-51)43-15-5-3-6-16-43/h3-42H,1-2H3/i4D,7D,8D,9D,10D,17D,18D,19D,20D,27D,28D,29D,30D,32D,33D,36D,37D. The molecule has 0 bridgehead atoms. The van der Waals surface area contributed by atoms with Crippen LogP contribution in [-0.4, -0.2) is 4.57 Å². The van der Waals surface area contributed by atoms with Crippen molar-refractivity contribution in [1.29, 1.82) is 0 Å². The zero-order valence-corrected chi connectivity index (χ0v) is 35.2. The highest BCUT2D eigenvalue weighted by atomic mass is 15.1. The quantitative estimate of drug-likeness (QED) is 0.148. The van der Waals surface area contributed by atoms with Crippen LogP contribution in [0.5, 0.6) is 0 Å². The summed E-state index contributed by atoms with van der Waals surface area (Å²) >= 11 is 0. The molecule has 2 heteroatoms. The Balaban J connectivity index is 1.08. The fraction of sp³-hybridized carbons (Fsp3) is 0.0476. The summed E-state index contributed by atoms with van der Waals surface area (Å²) in [4.78, 5) is 1.17. The molecular formula is C63H46N2. The first-order valence-electron chi connectivity index (χ1n) is 29.7. The van der Waals surface area contributed by atoms with Gasteiger partial charge in [-0.25, -0.2) is 0 Å². The molecule has 0 saturated heterocycles. The summed E-state index contributed by atoms with van der Waals surface area (Å²) in [6, 6.07) is 31.6. The molecule has 0 unspecified atom stereocenters. The fourth-order valence-electron chi connectivity index (χ4n) is 9.21. The second kappa shape index (κ2) is 15.6. The SMILES string of the molecule is [2H]c1c([2H])c([2H])c(-c2c([2H])c([2H])c([2H])c([2H])c2-c2c([2H])c([2H])c(N(c3ccc4c(c3)C(C)(C)c3ccccc3-4)c3c([2H])c([2H])c(-c4ccc5c(c4)c4ccccc4n5-c4ccc(-c5ccccc5)cc4)c([2H])c3[2H])c([2H])c2[2H])c([2H])c1[2H]. The molecule has 1 aliphatic carbocycles. The van der Waals surface area contributed by atoms with E-state index in [2.05, 4.69) is 16.7 Å². The van der Waals surface area contributed by atoms with Crippen molar-refractivity contribution < 1.29 is 23.3 Å². The van der Waals surface area contributed by atoms with Gasteiger partial charge in [-0.05, 0) is 133 Å². The molecule has 10 aromatic carbocycles. The second-order valence-electron chi connectivity index (χ2n) is 16.4. The van der Waals surface area contributed by atoms with Crippen molar-refractivity contribution in [2.24, 2.45) is 0 Å². The van der Waals surface area contributed by atoms with Crippen LogP contribution in [0.4, 0.5) is 17.1 Å². The van der Waals surface area contributed by atoms with Gasteiger partial charge in [0.1, 0.15) is 0 Å². The maximum absolute atomic E-state index is 9.90. The van der Waals surface area contributed by atoms with E-state index in [9.17, 15) is 12.3 Å². The Bertz CT molecular complexity index is 4480. The van der Waals surface area contributed by atoms with Crippen molar-refractivity contribution >= 4 is 38.9 Å². The largest absolute Gasteiger partial charge is 0.310 e. The smallest absolute Gasteiger partial charge is 0.0645 e. The molecule has 0 N–H and O–H groups in total. The summed E-state index contributed by atoms with van der Waals surface area (Å²) in [5.41, 5.74) is 4.58. The van der Waals surface area contributed by atoms with Crippen molar-refractivity contribution in [2.45, 2.75) is 19.3 Å². The molecule has 0 radical (unpaired) electrons. The Morgan fingerprint density at radius 2 is 0.938 bits per heavy atom. The number of fused-ring (bicyclic) bond motifs is 6. The first kappa shape index (κ1) is 24.6. The summed E-state index contributed by atoms with van der Waals surface area (Å²) in [5.74, 6) is 0. The monoisotopic (exact) mass is 847 g/mol. The van der Waals surface area contributed by atoms with Crippen molar-refractivity contribution in [3.05, 3.63) is 253 Å². The summed E-state index contributed by atoms with van der Waals surface area (Å²) in [6.45, 7) is 4.04. The van der Waals surface area contributed by atoms with Gasteiger partial charge in [0.15, 0.2) is 0 Å². The summed E-state index contributed by atoms with van der Waals surface area (Å²) in [7, 11) is 0. The molecule has 0 amide bonds. The molecule has 0 saturated carbocycles. The summed E-state index contributed by atoms with van der Waals surface area (Å²) in [5, 5.41) is 1.66. The van der Waals surface area contributed by atoms with Gasteiger partial charge in [-0.3, -0.25) is 0 Å². The highest BCUT2D eigenvalue weighted by Gasteiger charge is 2.35. The van der Waals surface area contributed by atoms with Gasteiger partial charge in [-0.15, -0.1) is 0 Å². The lowest BCUT2D eigenvalue weighted by Crippen LogP contribution is -2.16. The minimum absolute atomic E-state index is 0.0384. The minimum atomic E-state index is -0.875. The Labute approximate surface area is 404 Å². The molecule has 12 rings (SSSR count). The van der Waals surface area contributed by atoms with Crippen molar-refractivity contribution in [2.75, 3.05) is 4.90 Å². The molecule has 0 atom stereocenters. The van der Waals surface area contributed by atoms with Gasteiger partial charge >= 0.3 is 0 Å². The van der Waals surface area contributed by atoms with E-state index in [1.54, 1.807) is 18.2 Å². The van der Waals surface area contributed by atoms with Crippen molar-refractivity contribution in [3.63, 3.8) is 0 Å². The summed E-state index contributed by atoms with van der Waals surface area (Å²) in [6.07, 6.45) is 0. The molecule has 1 aromatic heterocycles. The zero-order valence-electron chi connectivity index (χ0n) is 52.2. The Morgan fingerprint density at radius 1 is 0.369 bits per heavy atom. The van der Waals surface area contributed by atoms with Crippen molar-refractivity contribution in [1.82, 2.24) is 4.57 Å². The van der Waals surface area contributed by atoms with E-state index in [0.29, 0.717) is 5.56 Å². The first-order valence-corrected chi connectivity index (χ1v) is 21.2. The third kappa shape index (κ3) is 6.57. The van der Waals surface area contributed by atoms with E-state index < -0.39 is 142 Å². The number of aromatic nitrogens is 1. The van der Waals surface area contributed by atoms with Crippen LogP contribution in [-0.2, 0) is 5.41 Å². The van der Waals surface area contributed by atoms with E-state index >= 15 is 0 Å². The molecule has 2 nitrogen and oxygen atoms in total. The van der Waals surface area contributed by atoms with Crippen LogP contribution in [0, 0.1) is 0 Å². The van der Waals surface area contributed by atoms with Crippen LogP contribution < -0.4 is 4.90 Å². The Hall–Kier alpha value is -8.20. The Morgan fingerprint density at radius 3 is 1.68 bits per heavy atom. The van der Waals surface area contributed by atoms with Gasteiger partial charge in [-0.1, -0.05) is 189 Å². The van der Waals surface area contributed by atoms with Crippen LogP contribution in [0.2, 0.25) is 0 Å². The topological polar surface area (TPSA) is 8.17 Å². The lowest BCUT2D eigenvalue weighted by atomic mass is 9.82. The lowest BCUT2D eigenvalue weighted by Gasteiger charge is -2.28. The van der Waals surface area contributed by atoms with Gasteiger partial charge in [0, 0.05) is 38.9 Å². The highest BCUT2D eigenvalue weighted by Crippen LogP contribution is 2.51. The number of hydrogen-bond donors (Lipinski definition) is 0. The maximum atomic E-state index is 9.90. The average molecular weight is 848 g/mol. The van der Waals surface area contributed by atoms with Gasteiger partial charge in [0.2, 0.25) is 0 Å². The predicted octanol–water partition coefficient (Wildman–Crippen LogP) is 17.2. The number of rotatable bonds is 8. The molecule has 1 heterocycles. The minimum Gasteiger partial charge on any atom is -0.310 e. The summed E-state index contributed by atoms with van der Waals surface area (Å²) < 4.78 is 159. The van der Waals surface area contributed by atoms with E-state index in [1.165, 1.54) is 4.90 Å². The molecule has 65 heavy (non-hydrogen) atoms. The first-order chi connectivity index (χ1) is 39.1. The molecular weight excluding hydrogens is 785 g/mol. The van der Waals surface area contributed by atoms with E-state index in [1.807, 2.05) is 123 Å². The Kier molecular flexibility index (Phi) is 5.88. The van der Waals surface area contributed by atoms with Crippen LogP contribution >= 0.6 is 0 Å². The molecule has 11 aromatic rings. The van der Waals surface area contributed by atoms with Crippen LogP contribution in [0.3, 0.4) is 0 Å². The van der Waals surface area contributed by atoms with E-state index in [4.69, 9.17) is 11.0 Å². The van der Waals surface area contributed by atoms with E-state index in [-0.39, 0.29) is 11.3 Å². The third-order valence-corrected chi connectivity index (χ3v) is 12.4. The van der Waals surface area contributed by atoms with Gasteiger partial charge < -0.3 is 9.47 Å². The number of hydrogen-bond acceptors (Lipinski definition) is 1. The molecule has 1 aliphatic rings. The average Bonchev–Trinajstić information content (AvgIpc) is 2.58. The van der Waals surface area contributed by atoms with Crippen LogP contribution in [0.1, 0.15) is 48.3 Å². The highest BCUT2D eigenvalue weighted by molar-refractivity contribution is 6.10. The lowest BCUT2D eigenvalue weighted by molar-refractivity contribution is 0.660. The molecule has 308 valence electrons. The second-order valence-corrected chi connectivity index (χ2v) is 16.4. The van der Waals surface area contributed by atoms with Gasteiger partial charge in [-0.2, -0.15) is 0 Å². The number of nitrogens with zero attached hydrogens (tertiary/aromatic N) is 2. The normalized spacial score (nSPS) is 16.2. The third-order valence-electron chi connectivity index (χ3n) is 12.4. The molecule has 0 fully saturated rings. The fourth-order valence-corrected chi connectivity index (χ4v) is 9.21. The van der Waals surface area contributed by atoms with Crippen LogP contribution in [0.15, 0.2) is 242 Å². The van der Waals surface area contributed by atoms with Gasteiger partial charge in [0.25, 0.3) is 0 Å². The maximum Gasteiger partial charge on any atom is 0.0645 e. The zero-order chi connectivity index (χ0) is 58.3. The van der Waals surface area contributed by atoms with Crippen molar-refractivity contribution in [3.8, 4) is 61.3 Å². The van der Waals surface area contributed by atoms with Gasteiger partial charge in [0.05, 0.1) is 34.3 Å². The van der Waals surface area contributed by atoms with Crippen LogP contribution in [0.25, 0.3) is 83.1 Å². The number of anilines is 3. The molecule has 0 spiro atoms. The van der Waals surface area contributed by atoms with E-state index in [0.717, 1.165) is 60.9 Å².